The fourth-order valence-corrected chi connectivity index (χ4v) is 3.02. The molecule has 26 heavy (non-hydrogen) atoms. The topological polar surface area (TPSA) is 55.4 Å². The quantitative estimate of drug-likeness (QED) is 0.599. The maximum Gasteiger partial charge on any atom is 0.265 e. The van der Waals surface area contributed by atoms with Gasteiger partial charge < -0.3 is 10.1 Å². The Labute approximate surface area is 160 Å². The van der Waals surface area contributed by atoms with Crippen LogP contribution >= 0.6 is 23.2 Å². The van der Waals surface area contributed by atoms with Crippen molar-refractivity contribution in [2.24, 2.45) is 0 Å². The van der Waals surface area contributed by atoms with Gasteiger partial charge in [-0.15, -0.1) is 0 Å². The molecule has 0 spiro atoms. The molecule has 0 bridgehead atoms. The number of aldehydes is 1. The highest BCUT2D eigenvalue weighted by atomic mass is 35.5. The van der Waals surface area contributed by atoms with Gasteiger partial charge in [0.25, 0.3) is 5.91 Å². The Balaban J connectivity index is 1.81. The van der Waals surface area contributed by atoms with Gasteiger partial charge in [-0.05, 0) is 42.0 Å². The third kappa shape index (κ3) is 3.82. The standard InChI is InChI=1S/C20H15Cl2NO3/c1-12(20(25)23-18-8-7-14(21)10-17(18)22)26-19-9-6-13-4-2-3-5-15(13)16(19)11-24/h2-12H,1H3,(H,23,25)/t12-/m0/s1. The third-order valence-electron chi connectivity index (χ3n) is 3.91. The SMILES string of the molecule is C[C@H](Oc1ccc2ccccc2c1C=O)C(=O)Nc1ccc(Cl)cc1Cl. The number of amides is 1. The summed E-state index contributed by atoms with van der Waals surface area (Å²) in [6.45, 7) is 1.60. The molecular formula is C20H15Cl2NO3. The lowest BCUT2D eigenvalue weighted by atomic mass is 10.0. The summed E-state index contributed by atoms with van der Waals surface area (Å²) in [6, 6.07) is 15.8. The second-order valence-corrected chi connectivity index (χ2v) is 6.53. The van der Waals surface area contributed by atoms with Crippen molar-refractivity contribution in [1.29, 1.82) is 0 Å². The van der Waals surface area contributed by atoms with E-state index in [1.165, 1.54) is 6.07 Å². The van der Waals surface area contributed by atoms with Crippen molar-refractivity contribution in [2.45, 2.75) is 13.0 Å². The molecule has 4 nitrogen and oxygen atoms in total. The number of ether oxygens (including phenoxy) is 1. The van der Waals surface area contributed by atoms with Crippen LogP contribution in [-0.4, -0.2) is 18.3 Å². The van der Waals surface area contributed by atoms with Gasteiger partial charge >= 0.3 is 0 Å². The average molecular weight is 388 g/mol. The van der Waals surface area contributed by atoms with Gasteiger partial charge in [-0.25, -0.2) is 0 Å². The lowest BCUT2D eigenvalue weighted by Gasteiger charge is -2.17. The third-order valence-corrected chi connectivity index (χ3v) is 4.46. The molecule has 3 aromatic rings. The molecule has 0 unspecified atom stereocenters. The molecule has 1 N–H and O–H groups in total. The Morgan fingerprint density at radius 1 is 1.12 bits per heavy atom. The van der Waals surface area contributed by atoms with Crippen LogP contribution in [0.4, 0.5) is 5.69 Å². The van der Waals surface area contributed by atoms with Gasteiger partial charge in [-0.1, -0.05) is 53.5 Å². The van der Waals surface area contributed by atoms with Crippen molar-refractivity contribution in [3.05, 3.63) is 70.2 Å². The molecule has 132 valence electrons. The van der Waals surface area contributed by atoms with E-state index in [4.69, 9.17) is 27.9 Å². The maximum absolute atomic E-state index is 12.4. The van der Waals surface area contributed by atoms with Crippen molar-refractivity contribution >= 4 is 51.9 Å². The van der Waals surface area contributed by atoms with Crippen LogP contribution in [0.15, 0.2) is 54.6 Å². The smallest absolute Gasteiger partial charge is 0.265 e. The number of rotatable bonds is 5. The van der Waals surface area contributed by atoms with Crippen LogP contribution in [0.2, 0.25) is 10.0 Å². The lowest BCUT2D eigenvalue weighted by Crippen LogP contribution is -2.30. The molecule has 0 aromatic heterocycles. The average Bonchev–Trinajstić information content (AvgIpc) is 2.63. The van der Waals surface area contributed by atoms with E-state index in [0.29, 0.717) is 27.0 Å². The minimum absolute atomic E-state index is 0.331. The highest BCUT2D eigenvalue weighted by molar-refractivity contribution is 6.36. The Morgan fingerprint density at radius 2 is 1.88 bits per heavy atom. The summed E-state index contributed by atoms with van der Waals surface area (Å²) < 4.78 is 5.73. The predicted octanol–water partition coefficient (Wildman–Crippen LogP) is 5.37. The molecule has 0 heterocycles. The molecule has 0 aliphatic carbocycles. The van der Waals surface area contributed by atoms with E-state index in [2.05, 4.69) is 5.32 Å². The summed E-state index contributed by atoms with van der Waals surface area (Å²) in [7, 11) is 0. The summed E-state index contributed by atoms with van der Waals surface area (Å²) in [5.74, 6) is -0.0391. The van der Waals surface area contributed by atoms with Crippen LogP contribution in [0.25, 0.3) is 10.8 Å². The zero-order valence-corrected chi connectivity index (χ0v) is 15.3. The van der Waals surface area contributed by atoms with E-state index in [0.717, 1.165) is 17.1 Å². The first kappa shape index (κ1) is 18.2. The number of benzene rings is 3. The minimum atomic E-state index is -0.832. The first-order valence-corrected chi connectivity index (χ1v) is 8.64. The van der Waals surface area contributed by atoms with E-state index in [-0.39, 0.29) is 5.91 Å². The summed E-state index contributed by atoms with van der Waals surface area (Å²) in [6.07, 6.45) is -0.0974. The number of carbonyl (C=O) groups excluding carboxylic acids is 2. The number of fused-ring (bicyclic) bond motifs is 1. The number of hydrogen-bond acceptors (Lipinski definition) is 3. The Bertz CT molecular complexity index is 988. The molecule has 0 saturated carbocycles. The Hall–Kier alpha value is -2.56. The molecule has 3 rings (SSSR count). The van der Waals surface area contributed by atoms with Crippen LogP contribution in [0, 0.1) is 0 Å². The molecule has 0 aliphatic heterocycles. The van der Waals surface area contributed by atoms with Crippen molar-refractivity contribution in [3.8, 4) is 5.75 Å². The second kappa shape index (κ2) is 7.77. The molecular weight excluding hydrogens is 373 g/mol. The van der Waals surface area contributed by atoms with Crippen LogP contribution in [-0.2, 0) is 4.79 Å². The predicted molar refractivity (Wildman–Crippen MR) is 105 cm³/mol. The molecule has 1 atom stereocenters. The second-order valence-electron chi connectivity index (χ2n) is 5.69. The fraction of sp³-hybridized carbons (Fsp3) is 0.100. The first-order chi connectivity index (χ1) is 12.5. The fourth-order valence-electron chi connectivity index (χ4n) is 2.57. The Morgan fingerprint density at radius 3 is 2.62 bits per heavy atom. The van der Waals surface area contributed by atoms with Gasteiger partial charge in [0.1, 0.15) is 5.75 Å². The van der Waals surface area contributed by atoms with E-state index < -0.39 is 6.10 Å². The number of halogens is 2. The summed E-state index contributed by atoms with van der Waals surface area (Å²) in [5, 5.41) is 5.19. The van der Waals surface area contributed by atoms with Gasteiger partial charge in [-0.3, -0.25) is 9.59 Å². The van der Waals surface area contributed by atoms with Crippen molar-refractivity contribution < 1.29 is 14.3 Å². The van der Waals surface area contributed by atoms with E-state index in [9.17, 15) is 9.59 Å². The van der Waals surface area contributed by atoms with Crippen molar-refractivity contribution in [2.75, 3.05) is 5.32 Å². The van der Waals surface area contributed by atoms with Gasteiger partial charge in [0.15, 0.2) is 12.4 Å². The zero-order chi connectivity index (χ0) is 18.7. The van der Waals surface area contributed by atoms with Crippen LogP contribution in [0.3, 0.4) is 0 Å². The number of nitrogens with one attached hydrogen (secondary N) is 1. The molecule has 0 saturated heterocycles. The van der Waals surface area contributed by atoms with Gasteiger partial charge in [0.2, 0.25) is 0 Å². The summed E-state index contributed by atoms with van der Waals surface area (Å²) in [4.78, 5) is 24.0. The monoisotopic (exact) mass is 387 g/mol. The van der Waals surface area contributed by atoms with Crippen LogP contribution in [0.1, 0.15) is 17.3 Å². The van der Waals surface area contributed by atoms with Gasteiger partial charge in [0.05, 0.1) is 16.3 Å². The van der Waals surface area contributed by atoms with E-state index >= 15 is 0 Å². The Kier molecular flexibility index (Phi) is 5.45. The van der Waals surface area contributed by atoms with E-state index in [1.54, 1.807) is 25.1 Å². The zero-order valence-electron chi connectivity index (χ0n) is 13.8. The van der Waals surface area contributed by atoms with Crippen LogP contribution < -0.4 is 10.1 Å². The molecule has 0 fully saturated rings. The number of anilines is 1. The lowest BCUT2D eigenvalue weighted by molar-refractivity contribution is -0.122. The maximum atomic E-state index is 12.4. The summed E-state index contributed by atoms with van der Waals surface area (Å²) in [5.41, 5.74) is 0.845. The van der Waals surface area contributed by atoms with E-state index in [1.807, 2.05) is 30.3 Å². The number of carbonyl (C=O) groups is 2. The molecule has 6 heteroatoms. The molecule has 0 aliphatic rings. The molecule has 0 radical (unpaired) electrons. The normalized spacial score (nSPS) is 11.8. The van der Waals surface area contributed by atoms with Crippen molar-refractivity contribution in [3.63, 3.8) is 0 Å². The van der Waals surface area contributed by atoms with Gasteiger partial charge in [-0.2, -0.15) is 0 Å². The minimum Gasteiger partial charge on any atom is -0.480 e. The summed E-state index contributed by atoms with van der Waals surface area (Å²) >= 11 is 11.9. The van der Waals surface area contributed by atoms with Crippen molar-refractivity contribution in [1.82, 2.24) is 0 Å². The first-order valence-electron chi connectivity index (χ1n) is 7.89. The largest absolute Gasteiger partial charge is 0.480 e. The van der Waals surface area contributed by atoms with Crippen LogP contribution in [0.5, 0.6) is 5.75 Å². The van der Waals surface area contributed by atoms with Gasteiger partial charge in [0, 0.05) is 5.02 Å². The highest BCUT2D eigenvalue weighted by Crippen LogP contribution is 2.28. The molecule has 1 amide bonds. The highest BCUT2D eigenvalue weighted by Gasteiger charge is 2.18. The molecule has 3 aromatic carbocycles. The number of hydrogen-bond donors (Lipinski definition) is 1.